The molecular formula is C18H23F2NO8S. The molecule has 1 rings (SSSR count). The summed E-state index contributed by atoms with van der Waals surface area (Å²) in [5.74, 6) is -5.20. The molecule has 1 atom stereocenters. The number of hydrogen-bond donors (Lipinski definition) is 1. The number of esters is 2. The minimum Gasteiger partial charge on any atom is -0.488 e. The van der Waals surface area contributed by atoms with Crippen molar-refractivity contribution >= 4 is 27.7 Å². The van der Waals surface area contributed by atoms with Gasteiger partial charge in [0.2, 0.25) is 5.82 Å². The highest BCUT2D eigenvalue weighted by molar-refractivity contribution is 7.86. The highest BCUT2D eigenvalue weighted by Crippen LogP contribution is 2.26. The van der Waals surface area contributed by atoms with Gasteiger partial charge in [0.05, 0.1) is 25.2 Å². The van der Waals surface area contributed by atoms with Crippen LogP contribution >= 0.6 is 0 Å². The van der Waals surface area contributed by atoms with Crippen molar-refractivity contribution in [3.63, 3.8) is 0 Å². The third kappa shape index (κ3) is 7.95. The van der Waals surface area contributed by atoms with E-state index in [-0.39, 0.29) is 19.8 Å². The van der Waals surface area contributed by atoms with Gasteiger partial charge < -0.3 is 19.5 Å². The Morgan fingerprint density at radius 3 is 2.17 bits per heavy atom. The molecule has 1 aromatic rings. The van der Waals surface area contributed by atoms with E-state index in [1.165, 1.54) is 20.8 Å². The summed E-state index contributed by atoms with van der Waals surface area (Å²) in [7, 11) is -3.73. The summed E-state index contributed by atoms with van der Waals surface area (Å²) >= 11 is 0. The standard InChI is InChI=1S/C18H23F2NO8S/c1-5-26-17(22)12(18(23)27-6-2)9-21-13-7-8-14(16(20)15(13)19)28-10-11(3)29-30(4,24)25/h7-9,11,21H,5-6,10H2,1-4H3/t11-/m1/s1. The molecule has 1 aromatic carbocycles. The molecule has 0 heterocycles. The predicted octanol–water partition coefficient (Wildman–Crippen LogP) is 2.13. The number of rotatable bonds is 11. The summed E-state index contributed by atoms with van der Waals surface area (Å²) in [6, 6.07) is 2.18. The molecule has 168 valence electrons. The van der Waals surface area contributed by atoms with E-state index in [0.717, 1.165) is 24.6 Å². The molecule has 0 unspecified atom stereocenters. The van der Waals surface area contributed by atoms with Gasteiger partial charge in [0, 0.05) is 6.20 Å². The molecule has 0 aliphatic heterocycles. The van der Waals surface area contributed by atoms with E-state index in [4.69, 9.17) is 14.2 Å². The van der Waals surface area contributed by atoms with E-state index < -0.39 is 56.8 Å². The molecule has 0 saturated carbocycles. The molecule has 12 heteroatoms. The van der Waals surface area contributed by atoms with Crippen LogP contribution in [0.3, 0.4) is 0 Å². The van der Waals surface area contributed by atoms with Crippen molar-refractivity contribution in [2.75, 3.05) is 31.4 Å². The van der Waals surface area contributed by atoms with Crippen molar-refractivity contribution in [3.05, 3.63) is 35.5 Å². The Kier molecular flexibility index (Phi) is 9.66. The number of benzene rings is 1. The summed E-state index contributed by atoms with van der Waals surface area (Å²) in [5.41, 5.74) is -0.933. The molecule has 0 saturated heterocycles. The third-order valence-electron chi connectivity index (χ3n) is 3.22. The van der Waals surface area contributed by atoms with Crippen LogP contribution in [-0.4, -0.2) is 52.5 Å². The Morgan fingerprint density at radius 1 is 1.10 bits per heavy atom. The molecule has 0 radical (unpaired) electrons. The number of halogens is 2. The number of nitrogens with one attached hydrogen (secondary N) is 1. The minimum atomic E-state index is -3.73. The SMILES string of the molecule is CCOC(=O)C(=CNc1ccc(OC[C@@H](C)OS(C)(=O)=O)c(F)c1F)C(=O)OCC. The first-order valence-electron chi connectivity index (χ1n) is 8.80. The number of anilines is 1. The number of ether oxygens (including phenoxy) is 3. The smallest absolute Gasteiger partial charge is 0.347 e. The molecule has 0 amide bonds. The van der Waals surface area contributed by atoms with Crippen LogP contribution < -0.4 is 10.1 Å². The fourth-order valence-electron chi connectivity index (χ4n) is 2.06. The maximum absolute atomic E-state index is 14.3. The highest BCUT2D eigenvalue weighted by Gasteiger charge is 2.22. The quantitative estimate of drug-likeness (QED) is 0.177. The zero-order chi connectivity index (χ0) is 22.9. The monoisotopic (exact) mass is 451 g/mol. The van der Waals surface area contributed by atoms with Crippen LogP contribution in [0.2, 0.25) is 0 Å². The summed E-state index contributed by atoms with van der Waals surface area (Å²) in [4.78, 5) is 23.7. The average Bonchev–Trinajstić information content (AvgIpc) is 2.63. The Morgan fingerprint density at radius 2 is 1.67 bits per heavy atom. The molecule has 0 aliphatic carbocycles. The molecule has 30 heavy (non-hydrogen) atoms. The summed E-state index contributed by atoms with van der Waals surface area (Å²) in [5, 5.41) is 2.32. The first-order valence-corrected chi connectivity index (χ1v) is 10.6. The molecule has 9 nitrogen and oxygen atoms in total. The molecule has 0 aliphatic rings. The van der Waals surface area contributed by atoms with Crippen molar-refractivity contribution in [3.8, 4) is 5.75 Å². The predicted molar refractivity (Wildman–Crippen MR) is 102 cm³/mol. The van der Waals surface area contributed by atoms with E-state index in [2.05, 4.69) is 9.50 Å². The summed E-state index contributed by atoms with van der Waals surface area (Å²) < 4.78 is 69.7. The maximum Gasteiger partial charge on any atom is 0.347 e. The lowest BCUT2D eigenvalue weighted by Crippen LogP contribution is -2.21. The number of carbonyl (C=O) groups is 2. The Balaban J connectivity index is 2.97. The maximum atomic E-state index is 14.3. The van der Waals surface area contributed by atoms with Crippen LogP contribution in [0.4, 0.5) is 14.5 Å². The minimum absolute atomic E-state index is 0.00786. The van der Waals surface area contributed by atoms with E-state index in [0.29, 0.717) is 0 Å². The van der Waals surface area contributed by atoms with Crippen LogP contribution in [-0.2, 0) is 33.4 Å². The fourth-order valence-corrected chi connectivity index (χ4v) is 2.71. The second-order valence-electron chi connectivity index (χ2n) is 5.80. The lowest BCUT2D eigenvalue weighted by atomic mass is 10.2. The topological polar surface area (TPSA) is 117 Å². The first kappa shape index (κ1) is 25.3. The molecule has 0 aromatic heterocycles. The van der Waals surface area contributed by atoms with Crippen molar-refractivity contribution < 1.29 is 45.2 Å². The molecule has 1 N–H and O–H groups in total. The van der Waals surface area contributed by atoms with Gasteiger partial charge in [-0.1, -0.05) is 0 Å². The van der Waals surface area contributed by atoms with Crippen LogP contribution in [0.15, 0.2) is 23.9 Å². The van der Waals surface area contributed by atoms with Crippen molar-refractivity contribution in [1.29, 1.82) is 0 Å². The van der Waals surface area contributed by atoms with E-state index >= 15 is 0 Å². The van der Waals surface area contributed by atoms with Gasteiger partial charge in [0.25, 0.3) is 10.1 Å². The lowest BCUT2D eigenvalue weighted by molar-refractivity contribution is -0.146. The van der Waals surface area contributed by atoms with E-state index in [1.54, 1.807) is 0 Å². The molecular weight excluding hydrogens is 428 g/mol. The van der Waals surface area contributed by atoms with Crippen molar-refractivity contribution in [2.24, 2.45) is 0 Å². The van der Waals surface area contributed by atoms with Gasteiger partial charge in [0.15, 0.2) is 17.1 Å². The second kappa shape index (κ2) is 11.5. The fraction of sp³-hybridized carbons (Fsp3) is 0.444. The van der Waals surface area contributed by atoms with Gasteiger partial charge in [-0.2, -0.15) is 12.8 Å². The molecule has 0 spiro atoms. The van der Waals surface area contributed by atoms with E-state index in [1.807, 2.05) is 0 Å². The van der Waals surface area contributed by atoms with Gasteiger partial charge in [-0.05, 0) is 32.9 Å². The number of carbonyl (C=O) groups excluding carboxylic acids is 2. The highest BCUT2D eigenvalue weighted by atomic mass is 32.2. The van der Waals surface area contributed by atoms with Gasteiger partial charge in [-0.25, -0.2) is 14.0 Å². The van der Waals surface area contributed by atoms with Crippen molar-refractivity contribution in [1.82, 2.24) is 0 Å². The zero-order valence-corrected chi connectivity index (χ0v) is 17.7. The summed E-state index contributed by atoms with van der Waals surface area (Å²) in [6.45, 7) is 4.07. The van der Waals surface area contributed by atoms with Crippen molar-refractivity contribution in [2.45, 2.75) is 26.9 Å². The number of hydrogen-bond acceptors (Lipinski definition) is 9. The van der Waals surface area contributed by atoms with Crippen LogP contribution in [0.1, 0.15) is 20.8 Å². The van der Waals surface area contributed by atoms with Crippen LogP contribution in [0, 0.1) is 11.6 Å². The Hall–Kier alpha value is -2.73. The van der Waals surface area contributed by atoms with Gasteiger partial charge >= 0.3 is 11.9 Å². The Labute approximate surface area is 173 Å². The van der Waals surface area contributed by atoms with Gasteiger partial charge in [-0.3, -0.25) is 4.18 Å². The van der Waals surface area contributed by atoms with Gasteiger partial charge in [0.1, 0.15) is 12.7 Å². The largest absolute Gasteiger partial charge is 0.488 e. The Bertz CT molecular complexity index is 882. The van der Waals surface area contributed by atoms with E-state index in [9.17, 15) is 26.8 Å². The summed E-state index contributed by atoms with van der Waals surface area (Å²) in [6.07, 6.45) is 0.759. The normalized spacial score (nSPS) is 11.9. The second-order valence-corrected chi connectivity index (χ2v) is 7.41. The van der Waals surface area contributed by atoms with Gasteiger partial charge in [-0.15, -0.1) is 0 Å². The lowest BCUT2D eigenvalue weighted by Gasteiger charge is -2.14. The molecule has 0 fully saturated rings. The molecule has 0 bridgehead atoms. The first-order chi connectivity index (χ1) is 14.0. The zero-order valence-electron chi connectivity index (χ0n) is 16.9. The average molecular weight is 451 g/mol. The van der Waals surface area contributed by atoms with Crippen LogP contribution in [0.5, 0.6) is 5.75 Å². The third-order valence-corrected chi connectivity index (χ3v) is 3.90. The van der Waals surface area contributed by atoms with Crippen LogP contribution in [0.25, 0.3) is 0 Å².